The Labute approximate surface area is 114 Å². The summed E-state index contributed by atoms with van der Waals surface area (Å²) < 4.78 is 5.04. The van der Waals surface area contributed by atoms with Gasteiger partial charge in [-0.2, -0.15) is 0 Å². The molecule has 2 unspecified atom stereocenters. The first kappa shape index (κ1) is 16.0. The molecule has 0 aromatic carbocycles. The molecule has 0 bridgehead atoms. The number of carbonyl (C=O) groups is 2. The van der Waals surface area contributed by atoms with Gasteiger partial charge in [0.2, 0.25) is 5.91 Å². The molecular formula is C14H25NO4. The highest BCUT2D eigenvalue weighted by molar-refractivity contribution is 5.85. The molecule has 1 rings (SSSR count). The lowest BCUT2D eigenvalue weighted by Crippen LogP contribution is -2.40. The van der Waals surface area contributed by atoms with Gasteiger partial charge in [-0.05, 0) is 24.7 Å². The number of methoxy groups -OCH3 is 1. The SMILES string of the molecule is COCCC(C)(C)CNC(=O)C1CCCC1C(=O)O. The largest absolute Gasteiger partial charge is 0.481 e. The van der Waals surface area contributed by atoms with Crippen LogP contribution in [-0.2, 0) is 14.3 Å². The van der Waals surface area contributed by atoms with Crippen LogP contribution in [0.5, 0.6) is 0 Å². The molecule has 19 heavy (non-hydrogen) atoms. The summed E-state index contributed by atoms with van der Waals surface area (Å²) in [5.41, 5.74) is -0.0387. The lowest BCUT2D eigenvalue weighted by atomic mass is 9.89. The van der Waals surface area contributed by atoms with Crippen molar-refractivity contribution in [3.8, 4) is 0 Å². The quantitative estimate of drug-likeness (QED) is 0.738. The third-order valence-electron chi connectivity index (χ3n) is 3.89. The van der Waals surface area contributed by atoms with Crippen LogP contribution in [0.15, 0.2) is 0 Å². The first-order chi connectivity index (χ1) is 8.87. The summed E-state index contributed by atoms with van der Waals surface area (Å²) in [6.45, 7) is 5.34. The van der Waals surface area contributed by atoms with Gasteiger partial charge in [0.25, 0.3) is 0 Å². The Bertz CT molecular complexity index is 327. The fourth-order valence-electron chi connectivity index (χ4n) is 2.49. The fourth-order valence-corrected chi connectivity index (χ4v) is 2.49. The van der Waals surface area contributed by atoms with Crippen molar-refractivity contribution in [3.05, 3.63) is 0 Å². The molecule has 5 nitrogen and oxygen atoms in total. The van der Waals surface area contributed by atoms with Crippen LogP contribution in [0, 0.1) is 17.3 Å². The van der Waals surface area contributed by atoms with Crippen molar-refractivity contribution in [2.45, 2.75) is 39.5 Å². The maximum Gasteiger partial charge on any atom is 0.307 e. The van der Waals surface area contributed by atoms with Gasteiger partial charge in [0.15, 0.2) is 0 Å². The smallest absolute Gasteiger partial charge is 0.307 e. The Hall–Kier alpha value is -1.10. The lowest BCUT2D eigenvalue weighted by molar-refractivity contribution is -0.146. The van der Waals surface area contributed by atoms with Crippen LogP contribution in [0.3, 0.4) is 0 Å². The van der Waals surface area contributed by atoms with E-state index >= 15 is 0 Å². The number of carboxylic acids is 1. The van der Waals surface area contributed by atoms with Crippen LogP contribution >= 0.6 is 0 Å². The van der Waals surface area contributed by atoms with Gasteiger partial charge in [0.1, 0.15) is 0 Å². The van der Waals surface area contributed by atoms with Gasteiger partial charge >= 0.3 is 5.97 Å². The van der Waals surface area contributed by atoms with Crippen molar-refractivity contribution < 1.29 is 19.4 Å². The van der Waals surface area contributed by atoms with Crippen LogP contribution in [0.25, 0.3) is 0 Å². The number of aliphatic carboxylic acids is 1. The summed E-state index contributed by atoms with van der Waals surface area (Å²) in [5.74, 6) is -1.84. The molecule has 0 aromatic rings. The molecule has 1 fully saturated rings. The predicted molar refractivity (Wildman–Crippen MR) is 71.8 cm³/mol. The molecule has 0 heterocycles. The Morgan fingerprint density at radius 3 is 2.53 bits per heavy atom. The number of hydrogen-bond donors (Lipinski definition) is 2. The van der Waals surface area contributed by atoms with Crippen LogP contribution in [0.1, 0.15) is 39.5 Å². The minimum absolute atomic E-state index is 0.0387. The molecule has 2 N–H and O–H groups in total. The second-order valence-electron chi connectivity index (χ2n) is 6.11. The number of amides is 1. The monoisotopic (exact) mass is 271 g/mol. The standard InChI is InChI=1S/C14H25NO4/c1-14(2,7-8-19-3)9-15-12(16)10-5-4-6-11(10)13(17)18/h10-11H,4-9H2,1-3H3,(H,15,16)(H,17,18). The van der Waals surface area contributed by atoms with Crippen LogP contribution in [0.4, 0.5) is 0 Å². The second kappa shape index (κ2) is 6.89. The first-order valence-corrected chi connectivity index (χ1v) is 6.87. The Balaban J connectivity index is 2.44. The third-order valence-corrected chi connectivity index (χ3v) is 3.89. The summed E-state index contributed by atoms with van der Waals surface area (Å²) in [7, 11) is 1.66. The number of ether oxygens (including phenoxy) is 1. The summed E-state index contributed by atoms with van der Waals surface area (Å²) in [4.78, 5) is 23.1. The minimum Gasteiger partial charge on any atom is -0.481 e. The maximum atomic E-state index is 12.1. The van der Waals surface area contributed by atoms with Gasteiger partial charge in [0, 0.05) is 20.3 Å². The second-order valence-corrected chi connectivity index (χ2v) is 6.11. The highest BCUT2D eigenvalue weighted by atomic mass is 16.5. The van der Waals surface area contributed by atoms with Gasteiger partial charge < -0.3 is 15.2 Å². The number of rotatable bonds is 7. The molecule has 0 aliphatic heterocycles. The molecule has 0 aromatic heterocycles. The van der Waals surface area contributed by atoms with E-state index in [1.807, 2.05) is 0 Å². The first-order valence-electron chi connectivity index (χ1n) is 6.87. The molecule has 0 saturated heterocycles. The molecule has 1 aliphatic carbocycles. The van der Waals surface area contributed by atoms with Gasteiger partial charge in [-0.3, -0.25) is 9.59 Å². The van der Waals surface area contributed by atoms with E-state index in [4.69, 9.17) is 9.84 Å². The topological polar surface area (TPSA) is 75.6 Å². The van der Waals surface area contributed by atoms with Crippen molar-refractivity contribution >= 4 is 11.9 Å². The highest BCUT2D eigenvalue weighted by Crippen LogP contribution is 2.32. The molecule has 0 spiro atoms. The van der Waals surface area contributed by atoms with Crippen molar-refractivity contribution in [2.75, 3.05) is 20.3 Å². The average Bonchev–Trinajstić information content (AvgIpc) is 2.83. The normalized spacial score (nSPS) is 23.3. The van der Waals surface area contributed by atoms with E-state index in [0.717, 1.165) is 12.8 Å². The molecule has 5 heteroatoms. The molecule has 1 amide bonds. The van der Waals surface area contributed by atoms with Gasteiger partial charge in [0.05, 0.1) is 11.8 Å². The van der Waals surface area contributed by atoms with Gasteiger partial charge in [-0.15, -0.1) is 0 Å². The Morgan fingerprint density at radius 1 is 1.32 bits per heavy atom. The molecule has 2 atom stereocenters. The zero-order valence-electron chi connectivity index (χ0n) is 12.1. The molecule has 110 valence electrons. The van der Waals surface area contributed by atoms with E-state index < -0.39 is 11.9 Å². The van der Waals surface area contributed by atoms with Crippen LogP contribution in [-0.4, -0.2) is 37.2 Å². The lowest BCUT2D eigenvalue weighted by Gasteiger charge is -2.26. The summed E-state index contributed by atoms with van der Waals surface area (Å²) in [6, 6.07) is 0. The number of carbonyl (C=O) groups excluding carboxylic acids is 1. The Morgan fingerprint density at radius 2 is 1.95 bits per heavy atom. The van der Waals surface area contributed by atoms with E-state index in [2.05, 4.69) is 19.2 Å². The third kappa shape index (κ3) is 4.82. The van der Waals surface area contributed by atoms with Gasteiger partial charge in [-0.1, -0.05) is 20.3 Å². The van der Waals surface area contributed by atoms with E-state index in [1.165, 1.54) is 0 Å². The molecule has 1 aliphatic rings. The fraction of sp³-hybridized carbons (Fsp3) is 0.857. The Kier molecular flexibility index (Phi) is 5.79. The van der Waals surface area contributed by atoms with E-state index in [-0.39, 0.29) is 17.2 Å². The van der Waals surface area contributed by atoms with Crippen LogP contribution < -0.4 is 5.32 Å². The van der Waals surface area contributed by atoms with Crippen molar-refractivity contribution in [3.63, 3.8) is 0 Å². The van der Waals surface area contributed by atoms with E-state index in [0.29, 0.717) is 26.0 Å². The maximum absolute atomic E-state index is 12.1. The van der Waals surface area contributed by atoms with Crippen molar-refractivity contribution in [2.24, 2.45) is 17.3 Å². The number of carboxylic acid groups (broad SMARTS) is 1. The number of hydrogen-bond acceptors (Lipinski definition) is 3. The molecular weight excluding hydrogens is 246 g/mol. The zero-order chi connectivity index (χ0) is 14.5. The highest BCUT2D eigenvalue weighted by Gasteiger charge is 2.37. The van der Waals surface area contributed by atoms with Crippen molar-refractivity contribution in [1.82, 2.24) is 5.32 Å². The predicted octanol–water partition coefficient (Wildman–Crippen LogP) is 1.67. The number of nitrogens with one attached hydrogen (secondary N) is 1. The van der Waals surface area contributed by atoms with Crippen molar-refractivity contribution in [1.29, 1.82) is 0 Å². The van der Waals surface area contributed by atoms with E-state index in [9.17, 15) is 9.59 Å². The van der Waals surface area contributed by atoms with Crippen LogP contribution in [0.2, 0.25) is 0 Å². The van der Waals surface area contributed by atoms with Gasteiger partial charge in [-0.25, -0.2) is 0 Å². The molecule has 0 radical (unpaired) electrons. The summed E-state index contributed by atoms with van der Waals surface area (Å²) in [6.07, 6.45) is 2.97. The van der Waals surface area contributed by atoms with E-state index in [1.54, 1.807) is 7.11 Å². The summed E-state index contributed by atoms with van der Waals surface area (Å²) in [5, 5.41) is 12.0. The summed E-state index contributed by atoms with van der Waals surface area (Å²) >= 11 is 0. The zero-order valence-corrected chi connectivity index (χ0v) is 12.1. The average molecular weight is 271 g/mol. The minimum atomic E-state index is -0.851. The molecule has 1 saturated carbocycles.